The zero-order chi connectivity index (χ0) is 13.9. The fourth-order valence-corrected chi connectivity index (χ4v) is 3.20. The Morgan fingerprint density at radius 2 is 1.95 bits per heavy atom. The third-order valence-corrected chi connectivity index (χ3v) is 4.29. The molecule has 1 saturated heterocycles. The first-order valence-corrected chi connectivity index (χ1v) is 7.13. The van der Waals surface area contributed by atoms with E-state index in [0.717, 1.165) is 45.1 Å². The minimum atomic E-state index is -0.640. The smallest absolute Gasteiger partial charge is 0.312 e. The Hall–Kier alpha value is -1.30. The lowest BCUT2D eigenvalue weighted by molar-refractivity contribution is -0.138. The maximum Gasteiger partial charge on any atom is 0.312 e. The molecule has 5 N–H and O–H groups in total. The molecule has 0 aromatic carbocycles. The maximum atomic E-state index is 12.5. The number of nitrogens with two attached hydrogens (primary N) is 2. The predicted octanol–water partition coefficient (Wildman–Crippen LogP) is 0.165. The number of piperidine rings is 1. The van der Waals surface area contributed by atoms with Gasteiger partial charge in [-0.15, -0.1) is 0 Å². The Labute approximate surface area is 113 Å². The summed E-state index contributed by atoms with van der Waals surface area (Å²) in [6.07, 6.45) is 5.67. The summed E-state index contributed by atoms with van der Waals surface area (Å²) in [5, 5.41) is 2.62. The topological polar surface area (TPSA) is 101 Å². The van der Waals surface area contributed by atoms with Gasteiger partial charge in [0.25, 0.3) is 0 Å². The lowest BCUT2D eigenvalue weighted by atomic mass is 9.92. The molecule has 2 aliphatic rings. The molecule has 0 bridgehead atoms. The standard InChI is InChI=1S/C13H24N4O2/c14-12(19)16-8-10-4-3-7-17(9-10)11(18)13(15)5-1-2-6-13/h10H,1-9,15H2,(H3,14,16,19). The van der Waals surface area contributed by atoms with Crippen LogP contribution in [0.3, 0.4) is 0 Å². The normalized spacial score (nSPS) is 26.2. The predicted molar refractivity (Wildman–Crippen MR) is 72.3 cm³/mol. The number of rotatable bonds is 3. The van der Waals surface area contributed by atoms with Gasteiger partial charge in [-0.1, -0.05) is 12.8 Å². The molecule has 0 aromatic heterocycles. The van der Waals surface area contributed by atoms with Crippen LogP contribution in [0, 0.1) is 5.92 Å². The first-order valence-electron chi connectivity index (χ1n) is 7.13. The highest BCUT2D eigenvalue weighted by Gasteiger charge is 2.40. The highest BCUT2D eigenvalue weighted by molar-refractivity contribution is 5.86. The lowest BCUT2D eigenvalue weighted by Crippen LogP contribution is -2.56. The number of likely N-dealkylation sites (tertiary alicyclic amines) is 1. The highest BCUT2D eigenvalue weighted by atomic mass is 16.2. The summed E-state index contributed by atoms with van der Waals surface area (Å²) in [5.41, 5.74) is 10.7. The van der Waals surface area contributed by atoms with E-state index in [1.807, 2.05) is 4.90 Å². The third kappa shape index (κ3) is 3.37. The van der Waals surface area contributed by atoms with Gasteiger partial charge in [-0.2, -0.15) is 0 Å². The number of urea groups is 1. The van der Waals surface area contributed by atoms with E-state index in [0.29, 0.717) is 13.1 Å². The molecular formula is C13H24N4O2. The van der Waals surface area contributed by atoms with Crippen molar-refractivity contribution in [3.63, 3.8) is 0 Å². The summed E-state index contributed by atoms with van der Waals surface area (Å²) in [6.45, 7) is 2.00. The van der Waals surface area contributed by atoms with Gasteiger partial charge in [0, 0.05) is 19.6 Å². The molecule has 0 radical (unpaired) electrons. The monoisotopic (exact) mass is 268 g/mol. The Balaban J connectivity index is 1.89. The van der Waals surface area contributed by atoms with E-state index in [1.165, 1.54) is 0 Å². The quantitative estimate of drug-likeness (QED) is 0.679. The van der Waals surface area contributed by atoms with E-state index in [1.54, 1.807) is 0 Å². The summed E-state index contributed by atoms with van der Waals surface area (Å²) in [4.78, 5) is 25.1. The summed E-state index contributed by atoms with van der Waals surface area (Å²) in [6, 6.07) is -0.505. The Kier molecular flexibility index (Phi) is 4.29. The van der Waals surface area contributed by atoms with Crippen molar-refractivity contribution in [2.75, 3.05) is 19.6 Å². The van der Waals surface area contributed by atoms with E-state index in [-0.39, 0.29) is 11.8 Å². The van der Waals surface area contributed by atoms with Gasteiger partial charge in [-0.25, -0.2) is 4.79 Å². The largest absolute Gasteiger partial charge is 0.352 e. The van der Waals surface area contributed by atoms with Crippen LogP contribution in [0.1, 0.15) is 38.5 Å². The molecule has 3 amide bonds. The van der Waals surface area contributed by atoms with Crippen molar-refractivity contribution in [1.29, 1.82) is 0 Å². The third-order valence-electron chi connectivity index (χ3n) is 4.29. The van der Waals surface area contributed by atoms with Crippen LogP contribution in [-0.2, 0) is 4.79 Å². The van der Waals surface area contributed by atoms with Crippen molar-refractivity contribution < 1.29 is 9.59 Å². The Morgan fingerprint density at radius 3 is 2.58 bits per heavy atom. The van der Waals surface area contributed by atoms with Crippen LogP contribution in [0.5, 0.6) is 0 Å². The second-order valence-corrected chi connectivity index (χ2v) is 5.87. The second-order valence-electron chi connectivity index (χ2n) is 5.87. The summed E-state index contributed by atoms with van der Waals surface area (Å²) < 4.78 is 0. The molecule has 1 atom stereocenters. The number of hydrogen-bond acceptors (Lipinski definition) is 3. The Bertz CT molecular complexity index is 353. The number of primary amides is 1. The summed E-state index contributed by atoms with van der Waals surface area (Å²) in [7, 11) is 0. The zero-order valence-corrected chi connectivity index (χ0v) is 11.4. The van der Waals surface area contributed by atoms with E-state index in [9.17, 15) is 9.59 Å². The van der Waals surface area contributed by atoms with Gasteiger partial charge in [0.05, 0.1) is 5.54 Å². The van der Waals surface area contributed by atoms with Gasteiger partial charge in [-0.3, -0.25) is 4.79 Å². The molecule has 1 aliphatic carbocycles. The summed E-state index contributed by atoms with van der Waals surface area (Å²) in [5.74, 6) is 0.379. The molecule has 6 nitrogen and oxygen atoms in total. The molecule has 108 valence electrons. The first-order chi connectivity index (χ1) is 9.01. The van der Waals surface area contributed by atoms with Gasteiger partial charge in [0.1, 0.15) is 0 Å². The van der Waals surface area contributed by atoms with Crippen LogP contribution < -0.4 is 16.8 Å². The van der Waals surface area contributed by atoms with Crippen molar-refractivity contribution in [2.24, 2.45) is 17.4 Å². The van der Waals surface area contributed by atoms with Gasteiger partial charge in [-0.05, 0) is 31.6 Å². The molecule has 1 saturated carbocycles. The second kappa shape index (κ2) is 5.77. The number of carbonyl (C=O) groups excluding carboxylic acids is 2. The maximum absolute atomic E-state index is 12.5. The van der Waals surface area contributed by atoms with Crippen LogP contribution in [0.4, 0.5) is 4.79 Å². The molecule has 0 aromatic rings. The molecule has 1 heterocycles. The highest BCUT2D eigenvalue weighted by Crippen LogP contribution is 2.30. The van der Waals surface area contributed by atoms with Crippen molar-refractivity contribution >= 4 is 11.9 Å². The SMILES string of the molecule is NC(=O)NCC1CCCN(C(=O)C2(N)CCCC2)C1. The van der Waals surface area contributed by atoms with E-state index in [2.05, 4.69) is 5.32 Å². The molecule has 0 spiro atoms. The Morgan fingerprint density at radius 1 is 1.26 bits per heavy atom. The number of amides is 3. The number of nitrogens with one attached hydrogen (secondary N) is 1. The van der Waals surface area contributed by atoms with Gasteiger partial charge in [0.2, 0.25) is 5.91 Å². The van der Waals surface area contributed by atoms with Crippen molar-refractivity contribution in [2.45, 2.75) is 44.1 Å². The average molecular weight is 268 g/mol. The zero-order valence-electron chi connectivity index (χ0n) is 11.4. The summed E-state index contributed by atoms with van der Waals surface area (Å²) >= 11 is 0. The average Bonchev–Trinajstić information content (AvgIpc) is 2.84. The van der Waals surface area contributed by atoms with Crippen molar-refractivity contribution in [3.8, 4) is 0 Å². The molecule has 1 unspecified atom stereocenters. The van der Waals surface area contributed by atoms with Crippen LogP contribution in [0.2, 0.25) is 0 Å². The van der Waals surface area contributed by atoms with Gasteiger partial charge in [0.15, 0.2) is 0 Å². The van der Waals surface area contributed by atoms with Crippen LogP contribution in [0.25, 0.3) is 0 Å². The molecule has 2 fully saturated rings. The first kappa shape index (κ1) is 14.1. The van der Waals surface area contributed by atoms with Crippen molar-refractivity contribution in [3.05, 3.63) is 0 Å². The number of carbonyl (C=O) groups is 2. The molecule has 1 aliphatic heterocycles. The van der Waals surface area contributed by atoms with Crippen molar-refractivity contribution in [1.82, 2.24) is 10.2 Å². The molecule has 19 heavy (non-hydrogen) atoms. The minimum Gasteiger partial charge on any atom is -0.352 e. The lowest BCUT2D eigenvalue weighted by Gasteiger charge is -2.37. The van der Waals surface area contributed by atoms with Crippen LogP contribution in [0.15, 0.2) is 0 Å². The minimum absolute atomic E-state index is 0.0915. The fraction of sp³-hybridized carbons (Fsp3) is 0.846. The molecule has 6 heteroatoms. The van der Waals surface area contributed by atoms with Crippen LogP contribution in [-0.4, -0.2) is 42.0 Å². The fourth-order valence-electron chi connectivity index (χ4n) is 3.20. The van der Waals surface area contributed by atoms with E-state index in [4.69, 9.17) is 11.5 Å². The van der Waals surface area contributed by atoms with E-state index < -0.39 is 11.6 Å². The van der Waals surface area contributed by atoms with Gasteiger partial charge < -0.3 is 21.7 Å². The van der Waals surface area contributed by atoms with Crippen LogP contribution >= 0.6 is 0 Å². The molecular weight excluding hydrogens is 244 g/mol. The number of hydrogen-bond donors (Lipinski definition) is 3. The van der Waals surface area contributed by atoms with E-state index >= 15 is 0 Å². The molecule has 2 rings (SSSR count). The number of nitrogens with zero attached hydrogens (tertiary/aromatic N) is 1. The van der Waals surface area contributed by atoms with Gasteiger partial charge >= 0.3 is 6.03 Å².